The SMILES string of the molecule is COCNC(=O)c1ccc(S(=O)(=O)N(Cc2ccccc2)C2CCNCC2)c2ccccc12. The fourth-order valence-electron chi connectivity index (χ4n) is 4.32. The van der Waals surface area contributed by atoms with Crippen LogP contribution in [0.2, 0.25) is 0 Å². The van der Waals surface area contributed by atoms with Crippen molar-refractivity contribution in [1.82, 2.24) is 14.9 Å². The van der Waals surface area contributed by atoms with Gasteiger partial charge in [-0.2, -0.15) is 4.31 Å². The Morgan fingerprint density at radius 1 is 1.00 bits per heavy atom. The predicted octanol–water partition coefficient (Wildman–Crippen LogP) is 3.12. The monoisotopic (exact) mass is 467 g/mol. The maximum Gasteiger partial charge on any atom is 0.253 e. The number of amides is 1. The molecule has 8 heteroatoms. The number of sulfonamides is 1. The van der Waals surface area contributed by atoms with E-state index in [1.54, 1.807) is 40.7 Å². The van der Waals surface area contributed by atoms with Crippen LogP contribution in [0.1, 0.15) is 28.8 Å². The number of nitrogens with one attached hydrogen (secondary N) is 2. The number of carbonyl (C=O) groups excluding carboxylic acids is 1. The molecule has 4 rings (SSSR count). The largest absolute Gasteiger partial charge is 0.364 e. The molecule has 0 aromatic heterocycles. The molecule has 1 amide bonds. The van der Waals surface area contributed by atoms with Crippen LogP contribution in [0.3, 0.4) is 0 Å². The van der Waals surface area contributed by atoms with Crippen LogP contribution in [0.5, 0.6) is 0 Å². The minimum Gasteiger partial charge on any atom is -0.364 e. The number of ether oxygens (including phenoxy) is 1. The third-order valence-corrected chi connectivity index (χ3v) is 7.95. The third kappa shape index (κ3) is 5.09. The number of fused-ring (bicyclic) bond motifs is 1. The van der Waals surface area contributed by atoms with Gasteiger partial charge in [0, 0.05) is 30.6 Å². The zero-order valence-corrected chi connectivity index (χ0v) is 19.5. The van der Waals surface area contributed by atoms with Gasteiger partial charge in [-0.1, -0.05) is 54.6 Å². The van der Waals surface area contributed by atoms with Crippen molar-refractivity contribution in [3.63, 3.8) is 0 Å². The molecule has 1 saturated heterocycles. The van der Waals surface area contributed by atoms with E-state index in [1.165, 1.54) is 7.11 Å². The minimum absolute atomic E-state index is 0.0772. The van der Waals surface area contributed by atoms with Crippen molar-refractivity contribution in [2.75, 3.05) is 26.9 Å². The van der Waals surface area contributed by atoms with E-state index in [1.807, 2.05) is 30.3 Å². The van der Waals surface area contributed by atoms with Crippen LogP contribution in [0, 0.1) is 0 Å². The fraction of sp³-hybridized carbons (Fsp3) is 0.320. The minimum atomic E-state index is -3.84. The Balaban J connectivity index is 1.79. The molecular weight excluding hydrogens is 438 g/mol. The summed E-state index contributed by atoms with van der Waals surface area (Å²) in [6, 6.07) is 19.9. The topological polar surface area (TPSA) is 87.7 Å². The second-order valence-corrected chi connectivity index (χ2v) is 9.97. The number of piperidine rings is 1. The van der Waals surface area contributed by atoms with Crippen LogP contribution in [0.15, 0.2) is 71.6 Å². The summed E-state index contributed by atoms with van der Waals surface area (Å²) in [6.45, 7) is 1.95. The van der Waals surface area contributed by atoms with E-state index in [-0.39, 0.29) is 23.6 Å². The van der Waals surface area contributed by atoms with Gasteiger partial charge < -0.3 is 15.4 Å². The zero-order chi connectivity index (χ0) is 23.3. The van der Waals surface area contributed by atoms with E-state index in [2.05, 4.69) is 10.6 Å². The van der Waals surface area contributed by atoms with Gasteiger partial charge in [-0.15, -0.1) is 0 Å². The van der Waals surface area contributed by atoms with Crippen molar-refractivity contribution in [3.8, 4) is 0 Å². The van der Waals surface area contributed by atoms with Crippen molar-refractivity contribution in [3.05, 3.63) is 77.9 Å². The molecule has 0 unspecified atom stereocenters. The quantitative estimate of drug-likeness (QED) is 0.497. The second kappa shape index (κ2) is 10.4. The van der Waals surface area contributed by atoms with Gasteiger partial charge in [-0.3, -0.25) is 4.79 Å². The van der Waals surface area contributed by atoms with E-state index in [9.17, 15) is 13.2 Å². The molecule has 0 bridgehead atoms. The molecule has 33 heavy (non-hydrogen) atoms. The second-order valence-electron chi connectivity index (χ2n) is 8.11. The predicted molar refractivity (Wildman–Crippen MR) is 128 cm³/mol. The number of methoxy groups -OCH3 is 1. The highest BCUT2D eigenvalue weighted by Crippen LogP contribution is 2.31. The Kier molecular flexibility index (Phi) is 7.39. The summed E-state index contributed by atoms with van der Waals surface area (Å²) in [5, 5.41) is 7.12. The lowest BCUT2D eigenvalue weighted by Gasteiger charge is -2.34. The summed E-state index contributed by atoms with van der Waals surface area (Å²) in [7, 11) is -2.34. The molecule has 2 N–H and O–H groups in total. The Bertz CT molecular complexity index is 1210. The van der Waals surface area contributed by atoms with Crippen LogP contribution < -0.4 is 10.6 Å². The van der Waals surface area contributed by atoms with E-state index in [0.717, 1.165) is 31.5 Å². The van der Waals surface area contributed by atoms with Crippen molar-refractivity contribution in [2.24, 2.45) is 0 Å². The molecule has 0 spiro atoms. The first-order chi connectivity index (χ1) is 16.0. The molecule has 1 aliphatic heterocycles. The highest BCUT2D eigenvalue weighted by molar-refractivity contribution is 7.89. The molecule has 1 fully saturated rings. The summed E-state index contributed by atoms with van der Waals surface area (Å²) in [5.41, 5.74) is 1.36. The molecular formula is C25H29N3O4S. The van der Waals surface area contributed by atoms with Crippen LogP contribution in [-0.4, -0.2) is 51.6 Å². The van der Waals surface area contributed by atoms with Gasteiger partial charge in [-0.25, -0.2) is 8.42 Å². The first kappa shape index (κ1) is 23.4. The van der Waals surface area contributed by atoms with E-state index in [0.29, 0.717) is 22.9 Å². The van der Waals surface area contributed by atoms with Crippen molar-refractivity contribution >= 4 is 26.7 Å². The van der Waals surface area contributed by atoms with Gasteiger partial charge in [0.05, 0.1) is 4.90 Å². The lowest BCUT2D eigenvalue weighted by molar-refractivity contribution is 0.0874. The van der Waals surface area contributed by atoms with E-state index < -0.39 is 10.0 Å². The number of benzene rings is 3. The number of hydrogen-bond acceptors (Lipinski definition) is 5. The number of hydrogen-bond donors (Lipinski definition) is 2. The summed E-state index contributed by atoms with van der Waals surface area (Å²) >= 11 is 0. The number of nitrogens with zero attached hydrogens (tertiary/aromatic N) is 1. The Labute approximate surface area is 194 Å². The summed E-state index contributed by atoms with van der Waals surface area (Å²) in [5.74, 6) is -0.309. The Hall–Kier alpha value is -2.78. The van der Waals surface area contributed by atoms with Crippen molar-refractivity contribution < 1.29 is 17.9 Å². The van der Waals surface area contributed by atoms with Gasteiger partial charge in [0.2, 0.25) is 10.0 Å². The van der Waals surface area contributed by atoms with Gasteiger partial charge in [0.25, 0.3) is 5.91 Å². The maximum absolute atomic E-state index is 14.1. The fourth-order valence-corrected chi connectivity index (χ4v) is 6.19. The van der Waals surface area contributed by atoms with Gasteiger partial charge in [0.15, 0.2) is 0 Å². The van der Waals surface area contributed by atoms with E-state index in [4.69, 9.17) is 4.74 Å². The molecule has 1 heterocycles. The highest BCUT2D eigenvalue weighted by atomic mass is 32.2. The average Bonchev–Trinajstić information content (AvgIpc) is 2.86. The first-order valence-electron chi connectivity index (χ1n) is 11.1. The van der Waals surface area contributed by atoms with Crippen LogP contribution in [0.4, 0.5) is 0 Å². The lowest BCUT2D eigenvalue weighted by atomic mass is 10.0. The Morgan fingerprint density at radius 2 is 1.67 bits per heavy atom. The first-order valence-corrected chi connectivity index (χ1v) is 12.5. The molecule has 0 atom stereocenters. The van der Waals surface area contributed by atoms with Gasteiger partial charge in [0.1, 0.15) is 6.73 Å². The van der Waals surface area contributed by atoms with Crippen molar-refractivity contribution in [2.45, 2.75) is 30.3 Å². The molecule has 3 aromatic rings. The average molecular weight is 468 g/mol. The smallest absolute Gasteiger partial charge is 0.253 e. The molecule has 0 saturated carbocycles. The van der Waals surface area contributed by atoms with E-state index >= 15 is 0 Å². The summed E-state index contributed by atoms with van der Waals surface area (Å²) in [4.78, 5) is 12.9. The molecule has 0 radical (unpaired) electrons. The lowest BCUT2D eigenvalue weighted by Crippen LogP contribution is -2.45. The maximum atomic E-state index is 14.1. The van der Waals surface area contributed by atoms with Gasteiger partial charge >= 0.3 is 0 Å². The zero-order valence-electron chi connectivity index (χ0n) is 18.7. The van der Waals surface area contributed by atoms with Crippen LogP contribution in [0.25, 0.3) is 10.8 Å². The molecule has 7 nitrogen and oxygen atoms in total. The summed E-state index contributed by atoms with van der Waals surface area (Å²) in [6.07, 6.45) is 1.50. The van der Waals surface area contributed by atoms with Crippen LogP contribution >= 0.6 is 0 Å². The van der Waals surface area contributed by atoms with Crippen molar-refractivity contribution in [1.29, 1.82) is 0 Å². The molecule has 3 aromatic carbocycles. The van der Waals surface area contributed by atoms with Crippen LogP contribution in [-0.2, 0) is 21.3 Å². The standard InChI is InChI=1S/C25H29N3O4S/c1-32-18-27-25(29)23-11-12-24(22-10-6-5-9-21(22)23)33(30,31)28(20-13-15-26-16-14-20)17-19-7-3-2-4-8-19/h2-12,20,26H,13-18H2,1H3,(H,27,29). The molecule has 0 aliphatic carbocycles. The molecule has 174 valence electrons. The summed E-state index contributed by atoms with van der Waals surface area (Å²) < 4.78 is 34.8. The highest BCUT2D eigenvalue weighted by Gasteiger charge is 2.34. The Morgan fingerprint density at radius 3 is 2.36 bits per heavy atom. The van der Waals surface area contributed by atoms with Gasteiger partial charge in [-0.05, 0) is 49.0 Å². The normalized spacial score (nSPS) is 15.1. The third-order valence-electron chi connectivity index (χ3n) is 5.99. The number of rotatable bonds is 8. The number of carbonyl (C=O) groups is 1. The molecule has 1 aliphatic rings.